The maximum Gasteiger partial charge on any atom is 0.416 e. The van der Waals surface area contributed by atoms with Crippen LogP contribution in [0.1, 0.15) is 60.2 Å². The normalized spacial score (nSPS) is 12.5. The number of hydrogen-bond donors (Lipinski definition) is 2. The first kappa shape index (κ1) is 32.6. The molecular formula is C32H39F3N2O3. The van der Waals surface area contributed by atoms with Crippen molar-refractivity contribution in [2.75, 3.05) is 27.4 Å². The summed E-state index contributed by atoms with van der Waals surface area (Å²) in [4.78, 5) is 13.2. The molecule has 0 aromatic heterocycles. The lowest BCUT2D eigenvalue weighted by molar-refractivity contribution is -0.137. The number of methoxy groups -OCH3 is 2. The molecule has 0 fully saturated rings. The maximum absolute atomic E-state index is 13.2. The molecule has 2 N–H and O–H groups in total. The number of carbonyl (C=O) groups excluding carboxylic acids is 1. The van der Waals surface area contributed by atoms with Crippen LogP contribution in [0.3, 0.4) is 0 Å². The Morgan fingerprint density at radius 3 is 2.23 bits per heavy atom. The lowest BCUT2D eigenvalue weighted by Gasteiger charge is -2.27. The fraction of sp³-hybridized carbons (Fsp3) is 0.344. The summed E-state index contributed by atoms with van der Waals surface area (Å²) in [5.74, 6) is 0.432. The minimum Gasteiger partial charge on any atom is -0.496 e. The summed E-state index contributed by atoms with van der Waals surface area (Å²) in [5.41, 5.74) is 2.58. The smallest absolute Gasteiger partial charge is 0.416 e. The Balaban J connectivity index is 0.00000274. The lowest BCUT2D eigenvalue weighted by Crippen LogP contribution is -2.40. The number of rotatable bonds is 13. The average Bonchev–Trinajstić information content (AvgIpc) is 2.98. The fourth-order valence-corrected chi connectivity index (χ4v) is 4.18. The highest BCUT2D eigenvalue weighted by atomic mass is 19.4. The third-order valence-electron chi connectivity index (χ3n) is 6.25. The van der Waals surface area contributed by atoms with E-state index in [1.807, 2.05) is 62.4 Å². The number of nitrogens with one attached hydrogen (secondary N) is 2. The van der Waals surface area contributed by atoms with E-state index in [0.717, 1.165) is 34.4 Å². The first-order valence-electron chi connectivity index (χ1n) is 13.3. The summed E-state index contributed by atoms with van der Waals surface area (Å²) in [6.07, 6.45) is -1.67. The highest BCUT2D eigenvalue weighted by Crippen LogP contribution is 2.31. The van der Waals surface area contributed by atoms with Crippen molar-refractivity contribution in [3.05, 3.63) is 107 Å². The van der Waals surface area contributed by atoms with Crippen LogP contribution in [0.25, 0.3) is 6.08 Å². The van der Waals surface area contributed by atoms with Crippen molar-refractivity contribution in [2.24, 2.45) is 0 Å². The van der Waals surface area contributed by atoms with Crippen molar-refractivity contribution in [1.82, 2.24) is 10.6 Å². The first-order chi connectivity index (χ1) is 19.3. The molecule has 0 spiro atoms. The van der Waals surface area contributed by atoms with E-state index in [-0.39, 0.29) is 11.9 Å². The Kier molecular flexibility index (Phi) is 13.4. The zero-order chi connectivity index (χ0) is 29.5. The van der Waals surface area contributed by atoms with Gasteiger partial charge in [0, 0.05) is 25.3 Å². The summed E-state index contributed by atoms with van der Waals surface area (Å²) in [7, 11) is 3.14. The minimum atomic E-state index is -4.38. The van der Waals surface area contributed by atoms with Gasteiger partial charge in [-0.05, 0) is 47.7 Å². The molecule has 0 saturated carbocycles. The number of aryl methyl sites for hydroxylation is 1. The predicted molar refractivity (Wildman–Crippen MR) is 154 cm³/mol. The molecule has 40 heavy (non-hydrogen) atoms. The zero-order valence-electron chi connectivity index (χ0n) is 23.6. The molecule has 3 aromatic rings. The Bertz CT molecular complexity index is 1180. The summed E-state index contributed by atoms with van der Waals surface area (Å²) in [5, 5.41) is 6.40. The monoisotopic (exact) mass is 556 g/mol. The highest BCUT2D eigenvalue weighted by molar-refractivity contribution is 5.83. The van der Waals surface area contributed by atoms with E-state index in [2.05, 4.69) is 17.2 Å². The van der Waals surface area contributed by atoms with Crippen molar-refractivity contribution in [1.29, 1.82) is 0 Å². The van der Waals surface area contributed by atoms with Gasteiger partial charge in [-0.1, -0.05) is 81.1 Å². The molecule has 216 valence electrons. The van der Waals surface area contributed by atoms with Gasteiger partial charge in [0.2, 0.25) is 5.91 Å². The van der Waals surface area contributed by atoms with Gasteiger partial charge in [0.25, 0.3) is 0 Å². The number of amides is 1. The van der Waals surface area contributed by atoms with E-state index < -0.39 is 17.8 Å². The second-order valence-corrected chi connectivity index (χ2v) is 8.79. The van der Waals surface area contributed by atoms with E-state index in [1.165, 1.54) is 12.1 Å². The predicted octanol–water partition coefficient (Wildman–Crippen LogP) is 7.15. The molecule has 0 bridgehead atoms. The SMILES string of the molecule is C=Cc1ccc(C(CCc2ccc(C(F)(F)F)cc2)N[C@H](C(=O)NCCOC)c2ccccc2)cc1OC.CC. The van der Waals surface area contributed by atoms with E-state index in [0.29, 0.717) is 31.7 Å². The van der Waals surface area contributed by atoms with Gasteiger partial charge in [-0.3, -0.25) is 10.1 Å². The summed E-state index contributed by atoms with van der Waals surface area (Å²) < 4.78 is 49.6. The van der Waals surface area contributed by atoms with Gasteiger partial charge in [0.1, 0.15) is 11.8 Å². The van der Waals surface area contributed by atoms with Gasteiger partial charge >= 0.3 is 6.18 Å². The van der Waals surface area contributed by atoms with Crippen molar-refractivity contribution in [3.63, 3.8) is 0 Å². The van der Waals surface area contributed by atoms with E-state index >= 15 is 0 Å². The molecule has 8 heteroatoms. The van der Waals surface area contributed by atoms with Crippen LogP contribution in [0.2, 0.25) is 0 Å². The first-order valence-corrected chi connectivity index (χ1v) is 13.3. The second-order valence-electron chi connectivity index (χ2n) is 8.79. The molecule has 0 aliphatic rings. The van der Waals surface area contributed by atoms with Crippen LogP contribution in [-0.2, 0) is 22.1 Å². The quantitative estimate of drug-likeness (QED) is 0.220. The molecule has 0 aliphatic carbocycles. The van der Waals surface area contributed by atoms with Crippen molar-refractivity contribution >= 4 is 12.0 Å². The number of halogens is 3. The van der Waals surface area contributed by atoms with Crippen LogP contribution >= 0.6 is 0 Å². The molecule has 0 radical (unpaired) electrons. The van der Waals surface area contributed by atoms with Crippen LogP contribution in [0.15, 0.2) is 79.4 Å². The van der Waals surface area contributed by atoms with Crippen LogP contribution in [0.4, 0.5) is 13.2 Å². The highest BCUT2D eigenvalue weighted by Gasteiger charge is 2.30. The lowest BCUT2D eigenvalue weighted by atomic mass is 9.95. The number of benzene rings is 3. The third kappa shape index (κ3) is 9.54. The molecule has 0 saturated heterocycles. The Morgan fingerprint density at radius 2 is 1.65 bits per heavy atom. The van der Waals surface area contributed by atoms with Crippen LogP contribution in [0, 0.1) is 0 Å². The molecule has 0 heterocycles. The fourth-order valence-electron chi connectivity index (χ4n) is 4.18. The number of hydrogen-bond acceptors (Lipinski definition) is 4. The molecular weight excluding hydrogens is 517 g/mol. The van der Waals surface area contributed by atoms with Crippen molar-refractivity contribution in [2.45, 2.75) is 44.9 Å². The van der Waals surface area contributed by atoms with Crippen LogP contribution in [-0.4, -0.2) is 33.3 Å². The van der Waals surface area contributed by atoms with Gasteiger partial charge in [-0.25, -0.2) is 0 Å². The molecule has 3 rings (SSSR count). The van der Waals surface area contributed by atoms with Crippen molar-refractivity contribution in [3.8, 4) is 5.75 Å². The summed E-state index contributed by atoms with van der Waals surface area (Å²) in [6.45, 7) is 8.56. The largest absolute Gasteiger partial charge is 0.496 e. The maximum atomic E-state index is 13.2. The number of carbonyl (C=O) groups is 1. The molecule has 3 aromatic carbocycles. The molecule has 2 atom stereocenters. The summed E-state index contributed by atoms with van der Waals surface area (Å²) >= 11 is 0. The van der Waals surface area contributed by atoms with E-state index in [4.69, 9.17) is 9.47 Å². The Labute approximate surface area is 235 Å². The summed E-state index contributed by atoms with van der Waals surface area (Å²) in [6, 6.07) is 19.3. The third-order valence-corrected chi connectivity index (χ3v) is 6.25. The van der Waals surface area contributed by atoms with Crippen LogP contribution < -0.4 is 15.4 Å². The molecule has 0 aliphatic heterocycles. The average molecular weight is 557 g/mol. The van der Waals surface area contributed by atoms with E-state index in [1.54, 1.807) is 20.3 Å². The van der Waals surface area contributed by atoms with Gasteiger partial charge < -0.3 is 14.8 Å². The minimum absolute atomic E-state index is 0.206. The zero-order valence-corrected chi connectivity index (χ0v) is 23.6. The molecule has 1 unspecified atom stereocenters. The number of ether oxygens (including phenoxy) is 2. The van der Waals surface area contributed by atoms with Crippen molar-refractivity contribution < 1.29 is 27.4 Å². The van der Waals surface area contributed by atoms with Gasteiger partial charge in [-0.15, -0.1) is 0 Å². The van der Waals surface area contributed by atoms with Gasteiger partial charge in [0.15, 0.2) is 0 Å². The van der Waals surface area contributed by atoms with E-state index in [9.17, 15) is 18.0 Å². The van der Waals surface area contributed by atoms with Gasteiger partial charge in [-0.2, -0.15) is 13.2 Å². The number of alkyl halides is 3. The Morgan fingerprint density at radius 1 is 0.975 bits per heavy atom. The Hall–Kier alpha value is -3.62. The molecule has 5 nitrogen and oxygen atoms in total. The standard InChI is InChI=1S/C30H33F3N2O3.C2H6/c1-4-22-13-14-24(20-27(22)38-3)26(17-12-21-10-15-25(16-11-21)30(31,32)33)35-28(23-8-6-5-7-9-23)29(36)34-18-19-37-2;1-2/h4-11,13-16,20,26,28,35H,1,12,17-19H2,2-3H3,(H,34,36);1-2H3/t26?,28-;/m0./s1. The second kappa shape index (κ2) is 16.5. The topological polar surface area (TPSA) is 59.6 Å². The molecule has 1 amide bonds. The van der Waals surface area contributed by atoms with Crippen LogP contribution in [0.5, 0.6) is 5.75 Å². The van der Waals surface area contributed by atoms with Gasteiger partial charge in [0.05, 0.1) is 19.3 Å².